The van der Waals surface area contributed by atoms with Crippen LogP contribution in [0.2, 0.25) is 0 Å². The Balaban J connectivity index is 1.92. The highest BCUT2D eigenvalue weighted by atomic mass is 31.2. The molecule has 33 heavy (non-hydrogen) atoms. The van der Waals surface area contributed by atoms with Gasteiger partial charge in [0.2, 0.25) is 0 Å². The third-order valence-electron chi connectivity index (χ3n) is 4.97. The first kappa shape index (κ1) is 24.1. The average molecular weight is 473 g/mol. The number of likely N-dealkylation sites (tertiary alicyclic amines) is 1. The number of benzene rings is 2. The van der Waals surface area contributed by atoms with Crippen molar-refractivity contribution in [3.05, 3.63) is 91.0 Å². The minimum atomic E-state index is -4.24. The number of nitro groups is 2. The summed E-state index contributed by atoms with van der Waals surface area (Å²) in [5.41, 5.74) is 1.66. The van der Waals surface area contributed by atoms with Crippen LogP contribution in [0.1, 0.15) is 11.1 Å². The third kappa shape index (κ3) is 6.74. The van der Waals surface area contributed by atoms with Crippen molar-refractivity contribution in [1.82, 2.24) is 4.90 Å². The maximum Gasteiger partial charge on any atom is 0.326 e. The van der Waals surface area contributed by atoms with Crippen molar-refractivity contribution in [1.29, 1.82) is 0 Å². The van der Waals surface area contributed by atoms with Crippen molar-refractivity contribution in [2.45, 2.75) is 0 Å². The zero-order valence-electron chi connectivity index (χ0n) is 17.2. The van der Waals surface area contributed by atoms with Crippen molar-refractivity contribution < 1.29 is 29.0 Å². The standard InChI is InChI=1S/C21H20N3O8P/c25-21-17(11-15-1-5-19(6-2-15)23(26)27)13-22(9-10-33(30,31)32)14-18(21)12-16-3-7-20(8-4-16)24(28)29/h1-8,11-12H,9-10,13-14H2,(H2,30,31,32)/b17-11+,18-12+. The Bertz CT molecular complexity index is 1100. The smallest absolute Gasteiger partial charge is 0.324 e. The molecular formula is C21H20N3O8P. The van der Waals surface area contributed by atoms with E-state index in [-0.39, 0.29) is 43.0 Å². The number of hydrogen-bond acceptors (Lipinski definition) is 7. The van der Waals surface area contributed by atoms with Crippen LogP contribution in [0, 0.1) is 20.2 Å². The molecule has 2 N–H and O–H groups in total. The summed E-state index contributed by atoms with van der Waals surface area (Å²) in [7, 11) is -4.24. The molecule has 0 unspecified atom stereocenters. The van der Waals surface area contributed by atoms with E-state index in [0.717, 1.165) is 0 Å². The summed E-state index contributed by atoms with van der Waals surface area (Å²) < 4.78 is 11.3. The Morgan fingerprint density at radius 3 is 1.58 bits per heavy atom. The normalized spacial score (nSPS) is 17.5. The number of piperidine rings is 1. The van der Waals surface area contributed by atoms with Gasteiger partial charge < -0.3 is 9.79 Å². The Hall–Kier alpha value is -3.50. The number of nitro benzene ring substituents is 2. The summed E-state index contributed by atoms with van der Waals surface area (Å²) in [5.74, 6) is -0.279. The van der Waals surface area contributed by atoms with Gasteiger partial charge in [-0.05, 0) is 47.5 Å². The van der Waals surface area contributed by atoms with Gasteiger partial charge in [0, 0.05) is 55.0 Å². The highest BCUT2D eigenvalue weighted by Gasteiger charge is 2.27. The first-order valence-corrected chi connectivity index (χ1v) is 11.5. The second kappa shape index (κ2) is 9.97. The molecule has 1 aliphatic rings. The van der Waals surface area contributed by atoms with Crippen molar-refractivity contribution in [2.24, 2.45) is 0 Å². The molecule has 1 heterocycles. The van der Waals surface area contributed by atoms with Crippen LogP contribution < -0.4 is 0 Å². The Kier molecular flexibility index (Phi) is 7.29. The zero-order chi connectivity index (χ0) is 24.2. The number of nitrogens with zero attached hydrogens (tertiary/aromatic N) is 3. The fraction of sp³-hybridized carbons (Fsp3) is 0.190. The lowest BCUT2D eigenvalue weighted by atomic mass is 9.94. The van der Waals surface area contributed by atoms with Gasteiger partial charge in [-0.1, -0.05) is 0 Å². The lowest BCUT2D eigenvalue weighted by molar-refractivity contribution is -0.385. The molecule has 0 atom stereocenters. The summed E-state index contributed by atoms with van der Waals surface area (Å²) in [6, 6.07) is 11.3. The Morgan fingerprint density at radius 1 is 0.848 bits per heavy atom. The Labute approximate surface area is 188 Å². The monoisotopic (exact) mass is 473 g/mol. The van der Waals surface area contributed by atoms with E-state index in [2.05, 4.69) is 0 Å². The maximum absolute atomic E-state index is 13.1. The van der Waals surface area contributed by atoms with E-state index in [1.807, 2.05) is 0 Å². The van der Waals surface area contributed by atoms with Crippen molar-refractivity contribution in [3.63, 3.8) is 0 Å². The van der Waals surface area contributed by atoms with Crippen LogP contribution >= 0.6 is 7.60 Å². The average Bonchev–Trinajstić information content (AvgIpc) is 2.75. The van der Waals surface area contributed by atoms with Crippen molar-refractivity contribution in [3.8, 4) is 0 Å². The summed E-state index contributed by atoms with van der Waals surface area (Å²) in [6.45, 7) is 0.341. The molecule has 1 saturated heterocycles. The largest absolute Gasteiger partial charge is 0.326 e. The molecule has 0 saturated carbocycles. The zero-order valence-corrected chi connectivity index (χ0v) is 18.1. The topological polar surface area (TPSA) is 164 Å². The second-order valence-corrected chi connectivity index (χ2v) is 9.24. The quantitative estimate of drug-likeness (QED) is 0.266. The van der Waals surface area contributed by atoms with Gasteiger partial charge in [0.25, 0.3) is 11.4 Å². The van der Waals surface area contributed by atoms with Crippen LogP contribution in [0.5, 0.6) is 0 Å². The number of carbonyl (C=O) groups is 1. The number of Topliss-reactive ketones (excluding diaryl/α,β-unsaturated/α-hetero) is 1. The van der Waals surface area contributed by atoms with E-state index >= 15 is 0 Å². The third-order valence-corrected chi connectivity index (χ3v) is 5.75. The highest BCUT2D eigenvalue weighted by Crippen LogP contribution is 2.34. The van der Waals surface area contributed by atoms with E-state index in [9.17, 15) is 39.4 Å². The molecule has 0 spiro atoms. The molecule has 0 aromatic heterocycles. The lowest BCUT2D eigenvalue weighted by Crippen LogP contribution is -2.39. The first-order valence-electron chi connectivity index (χ1n) is 9.73. The molecule has 0 bridgehead atoms. The summed E-state index contributed by atoms with van der Waals surface area (Å²) in [6.07, 6.45) is 2.79. The van der Waals surface area contributed by atoms with Gasteiger partial charge in [-0.2, -0.15) is 0 Å². The molecule has 0 amide bonds. The highest BCUT2D eigenvalue weighted by molar-refractivity contribution is 7.51. The molecule has 2 aromatic rings. The minimum Gasteiger partial charge on any atom is -0.324 e. The predicted molar refractivity (Wildman–Crippen MR) is 121 cm³/mol. The molecule has 1 aliphatic heterocycles. The number of ketones is 1. The molecule has 12 heteroatoms. The number of non-ortho nitro benzene ring substituents is 2. The van der Waals surface area contributed by atoms with Crippen LogP contribution in [0.25, 0.3) is 12.2 Å². The molecule has 172 valence electrons. The van der Waals surface area contributed by atoms with Gasteiger partial charge >= 0.3 is 7.60 Å². The van der Waals surface area contributed by atoms with Crippen LogP contribution in [0.3, 0.4) is 0 Å². The van der Waals surface area contributed by atoms with Crippen molar-refractivity contribution in [2.75, 3.05) is 25.8 Å². The van der Waals surface area contributed by atoms with Gasteiger partial charge in [-0.3, -0.25) is 34.5 Å². The van der Waals surface area contributed by atoms with Gasteiger partial charge in [0.1, 0.15) is 0 Å². The molecule has 3 rings (SSSR count). The number of hydrogen-bond donors (Lipinski definition) is 2. The number of carbonyl (C=O) groups excluding carboxylic acids is 1. The summed E-state index contributed by atoms with van der Waals surface area (Å²) in [5, 5.41) is 21.7. The molecular weight excluding hydrogens is 453 g/mol. The van der Waals surface area contributed by atoms with E-state index in [0.29, 0.717) is 22.3 Å². The van der Waals surface area contributed by atoms with Crippen LogP contribution in [0.15, 0.2) is 59.7 Å². The van der Waals surface area contributed by atoms with Gasteiger partial charge in [-0.15, -0.1) is 0 Å². The van der Waals surface area contributed by atoms with Crippen LogP contribution in [-0.4, -0.2) is 56.1 Å². The van der Waals surface area contributed by atoms with E-state index in [4.69, 9.17) is 0 Å². The number of rotatable bonds is 7. The van der Waals surface area contributed by atoms with E-state index < -0.39 is 17.4 Å². The predicted octanol–water partition coefficient (Wildman–Crippen LogP) is 3.03. The van der Waals surface area contributed by atoms with Gasteiger partial charge in [0.05, 0.1) is 16.0 Å². The SMILES string of the molecule is O=C1/C(=C/c2ccc([N+](=O)[O-])cc2)CN(CCP(=O)(O)O)C/C1=C\c1ccc([N+](=O)[O-])cc1. The van der Waals surface area contributed by atoms with E-state index in [1.54, 1.807) is 17.1 Å². The Morgan fingerprint density at radius 2 is 1.24 bits per heavy atom. The second-order valence-electron chi connectivity index (χ2n) is 7.46. The molecule has 2 aromatic carbocycles. The van der Waals surface area contributed by atoms with E-state index in [1.165, 1.54) is 48.5 Å². The van der Waals surface area contributed by atoms with Crippen LogP contribution in [-0.2, 0) is 9.36 Å². The minimum absolute atomic E-state index is 0.0484. The summed E-state index contributed by atoms with van der Waals surface area (Å²) >= 11 is 0. The molecule has 0 aliphatic carbocycles. The molecule has 0 radical (unpaired) electrons. The fourth-order valence-electron chi connectivity index (χ4n) is 3.33. The van der Waals surface area contributed by atoms with Crippen LogP contribution in [0.4, 0.5) is 11.4 Å². The van der Waals surface area contributed by atoms with Gasteiger partial charge in [-0.25, -0.2) is 0 Å². The fourth-order valence-corrected chi connectivity index (χ4v) is 3.87. The van der Waals surface area contributed by atoms with Crippen molar-refractivity contribution >= 4 is 36.9 Å². The lowest BCUT2D eigenvalue weighted by Gasteiger charge is -2.29. The maximum atomic E-state index is 13.1. The van der Waals surface area contributed by atoms with Gasteiger partial charge in [0.15, 0.2) is 5.78 Å². The molecule has 1 fully saturated rings. The first-order chi connectivity index (χ1) is 15.5. The summed E-state index contributed by atoms with van der Waals surface area (Å²) in [4.78, 5) is 53.9. The molecule has 11 nitrogen and oxygen atoms in total.